The number of morpholine rings is 1. The van der Waals surface area contributed by atoms with Crippen LogP contribution in [0.2, 0.25) is 0 Å². The molecule has 3 fully saturated rings. The Morgan fingerprint density at radius 3 is 1.68 bits per heavy atom. The summed E-state index contributed by atoms with van der Waals surface area (Å²) in [6.07, 6.45) is 19.2. The number of carbonyl (C=O) groups is 4. The van der Waals surface area contributed by atoms with Gasteiger partial charge in [-0.05, 0) is 146 Å². The van der Waals surface area contributed by atoms with Gasteiger partial charge in [-0.1, -0.05) is 76.8 Å². The third-order valence-electron chi connectivity index (χ3n) is 16.0. The first-order chi connectivity index (χ1) is 36.5. The lowest BCUT2D eigenvalue weighted by Gasteiger charge is -2.24. The van der Waals surface area contributed by atoms with Crippen LogP contribution in [0.4, 0.5) is 0 Å². The average Bonchev–Trinajstić information content (AvgIpc) is 3.94. The van der Waals surface area contributed by atoms with Crippen LogP contribution in [0, 0.1) is 0 Å². The maximum absolute atomic E-state index is 13.4. The van der Waals surface area contributed by atoms with Gasteiger partial charge >= 0.3 is 5.97 Å². The molecule has 400 valence electrons. The summed E-state index contributed by atoms with van der Waals surface area (Å²) in [5, 5.41) is 2.47. The van der Waals surface area contributed by atoms with Gasteiger partial charge in [0, 0.05) is 70.8 Å². The Kier molecular flexibility index (Phi) is 17.9. The van der Waals surface area contributed by atoms with E-state index in [1.54, 1.807) is 30.9 Å². The monoisotopic (exact) mass is 1030 g/mol. The number of aromatic nitrogens is 2. The largest absolute Gasteiger partial charge is 0.497 e. The fourth-order valence-corrected chi connectivity index (χ4v) is 11.9. The molecular formula is C64H76N4O8. The number of Topliss-reactive ketones (excluding diaryl/α,β-unsaturated/α-hetero) is 1. The summed E-state index contributed by atoms with van der Waals surface area (Å²) in [5.74, 6) is 2.33. The third-order valence-corrected chi connectivity index (χ3v) is 16.0. The molecule has 11 rings (SSSR count). The number of ketones is 1. The van der Waals surface area contributed by atoms with E-state index in [2.05, 4.69) is 64.3 Å². The van der Waals surface area contributed by atoms with Crippen LogP contribution in [0.5, 0.6) is 11.5 Å². The van der Waals surface area contributed by atoms with E-state index < -0.39 is 0 Å². The summed E-state index contributed by atoms with van der Waals surface area (Å²) in [4.78, 5) is 51.9. The molecule has 1 saturated heterocycles. The molecule has 5 heterocycles. The molecule has 6 aromatic rings. The van der Waals surface area contributed by atoms with Crippen molar-refractivity contribution in [3.63, 3.8) is 0 Å². The second-order valence-electron chi connectivity index (χ2n) is 20.4. The Labute approximate surface area is 448 Å². The zero-order valence-electron chi connectivity index (χ0n) is 44.7. The second kappa shape index (κ2) is 24.7. The predicted octanol–water partition coefficient (Wildman–Crippen LogP) is 13.1. The van der Waals surface area contributed by atoms with Crippen LogP contribution in [-0.2, 0) is 36.9 Å². The van der Waals surface area contributed by atoms with Gasteiger partial charge in [-0.3, -0.25) is 14.4 Å². The standard InChI is InChI=1S/C30H34N2O2.C28H29NO4.C5H9NO2.CH4/c1-5-20-12-14-26-27(16-20)32-19-23(30(33)31(3)6-2)17-22-18-24(34-4)13-15-25(22)29(32)28(26)21-10-8-7-9-11-21;1-17(30)21-13-20-14-22(32-2)10-12-23(20)27-26(18-7-5-4-6-8-18)24-11-9-19(28(31)33-3)15-25(24)29(27)16-21;7-5-6-1-3-8-4-2-6;/h5,12-18,21H,1,6-11,19H2,2-4H3;9-15,18H,4-8,16H2,1-3H3;5H,1-4H2;1H4. The lowest BCUT2D eigenvalue weighted by atomic mass is 9.81. The molecule has 0 atom stereocenters. The van der Waals surface area contributed by atoms with Gasteiger partial charge in [-0.25, -0.2) is 4.79 Å². The van der Waals surface area contributed by atoms with Gasteiger partial charge in [0.1, 0.15) is 11.5 Å². The minimum atomic E-state index is -0.354. The second-order valence-corrected chi connectivity index (χ2v) is 20.4. The fourth-order valence-electron chi connectivity index (χ4n) is 11.9. The van der Waals surface area contributed by atoms with E-state index >= 15 is 0 Å². The molecular weight excluding hydrogens is 953 g/mol. The Morgan fingerprint density at radius 1 is 0.697 bits per heavy atom. The first-order valence-corrected chi connectivity index (χ1v) is 26.8. The van der Waals surface area contributed by atoms with Crippen molar-refractivity contribution in [2.75, 3.05) is 61.2 Å². The molecule has 0 N–H and O–H groups in total. The van der Waals surface area contributed by atoms with Gasteiger partial charge in [0.25, 0.3) is 5.91 Å². The minimum Gasteiger partial charge on any atom is -0.497 e. The number of ether oxygens (including phenoxy) is 4. The summed E-state index contributed by atoms with van der Waals surface area (Å²) in [7, 11) is 6.63. The molecule has 2 saturated carbocycles. The predicted molar refractivity (Wildman–Crippen MR) is 306 cm³/mol. The van der Waals surface area contributed by atoms with Crippen molar-refractivity contribution in [3.8, 4) is 34.0 Å². The van der Waals surface area contributed by atoms with Gasteiger partial charge < -0.3 is 37.9 Å². The molecule has 2 aromatic heterocycles. The van der Waals surface area contributed by atoms with Crippen molar-refractivity contribution in [2.24, 2.45) is 0 Å². The molecule has 3 aliphatic heterocycles. The number of nitrogens with zero attached hydrogens (tertiary/aromatic N) is 4. The van der Waals surface area contributed by atoms with Crippen LogP contribution >= 0.6 is 0 Å². The van der Waals surface area contributed by atoms with E-state index in [9.17, 15) is 19.2 Å². The number of rotatable bonds is 10. The highest BCUT2D eigenvalue weighted by molar-refractivity contribution is 6.05. The number of likely N-dealkylation sites (N-methyl/N-ethyl adjacent to an activating group) is 1. The number of methoxy groups -OCH3 is 3. The zero-order chi connectivity index (χ0) is 52.8. The van der Waals surface area contributed by atoms with Crippen molar-refractivity contribution in [3.05, 3.63) is 124 Å². The molecule has 2 aliphatic carbocycles. The molecule has 5 aliphatic rings. The summed E-state index contributed by atoms with van der Waals surface area (Å²) >= 11 is 0. The SMILES string of the molecule is C.C=Cc1ccc2c(C3CCCCC3)c3n(c2c1)CC(C(=O)N(C)CC)=Cc1cc(OC)ccc1-3.COC(=O)c1ccc2c(C3CCCCC3)c3n(c2c1)CC(C(C)=O)=Cc1cc(OC)ccc1-3.O=CN1CCOCC1. The van der Waals surface area contributed by atoms with Crippen LogP contribution in [0.15, 0.2) is 90.5 Å². The van der Waals surface area contributed by atoms with E-state index in [4.69, 9.17) is 18.9 Å². The summed E-state index contributed by atoms with van der Waals surface area (Å²) in [5.41, 5.74) is 14.9. The number of benzene rings is 4. The number of hydrogen-bond donors (Lipinski definition) is 0. The van der Waals surface area contributed by atoms with E-state index in [0.717, 1.165) is 93.8 Å². The maximum Gasteiger partial charge on any atom is 0.337 e. The van der Waals surface area contributed by atoms with Crippen LogP contribution in [-0.4, -0.2) is 104 Å². The number of hydrogen-bond acceptors (Lipinski definition) is 8. The lowest BCUT2D eigenvalue weighted by Crippen LogP contribution is -2.34. The van der Waals surface area contributed by atoms with Gasteiger partial charge in [-0.2, -0.15) is 0 Å². The van der Waals surface area contributed by atoms with Gasteiger partial charge in [0.15, 0.2) is 5.78 Å². The minimum absolute atomic E-state index is 0. The Morgan fingerprint density at radius 2 is 1.21 bits per heavy atom. The van der Waals surface area contributed by atoms with Crippen LogP contribution in [0.25, 0.3) is 62.5 Å². The van der Waals surface area contributed by atoms with E-state index in [-0.39, 0.29) is 25.1 Å². The Bertz CT molecular complexity index is 3190. The molecule has 0 bridgehead atoms. The van der Waals surface area contributed by atoms with E-state index in [1.807, 2.05) is 56.5 Å². The molecule has 76 heavy (non-hydrogen) atoms. The highest BCUT2D eigenvalue weighted by Crippen LogP contribution is 2.49. The van der Waals surface area contributed by atoms with Gasteiger partial charge in [0.2, 0.25) is 6.41 Å². The maximum atomic E-state index is 13.4. The quantitative estimate of drug-likeness (QED) is 0.0982. The first kappa shape index (κ1) is 55.1. The molecule has 0 unspecified atom stereocenters. The number of allylic oxidation sites excluding steroid dienone is 1. The normalized spacial score (nSPS) is 16.2. The van der Waals surface area contributed by atoms with Crippen LogP contribution < -0.4 is 9.47 Å². The highest BCUT2D eigenvalue weighted by atomic mass is 16.5. The molecule has 0 spiro atoms. The van der Waals surface area contributed by atoms with Crippen molar-refractivity contribution < 1.29 is 38.1 Å². The fraction of sp³-hybridized carbons (Fsp3) is 0.406. The Hall–Kier alpha value is -7.18. The van der Waals surface area contributed by atoms with E-state index in [0.29, 0.717) is 50.2 Å². The summed E-state index contributed by atoms with van der Waals surface area (Å²) in [6.45, 7) is 12.2. The van der Waals surface area contributed by atoms with E-state index in [1.165, 1.54) is 91.8 Å². The molecule has 4 aromatic carbocycles. The average molecular weight is 1030 g/mol. The first-order valence-electron chi connectivity index (χ1n) is 26.8. The Balaban J connectivity index is 0.000000174. The topological polar surface area (TPSA) is 122 Å². The van der Waals surface area contributed by atoms with Crippen LogP contribution in [0.1, 0.15) is 135 Å². The molecule has 2 amide bonds. The molecule has 12 heteroatoms. The zero-order valence-corrected chi connectivity index (χ0v) is 44.7. The smallest absolute Gasteiger partial charge is 0.337 e. The van der Waals surface area contributed by atoms with Gasteiger partial charge in [0.05, 0.1) is 64.6 Å². The van der Waals surface area contributed by atoms with Crippen molar-refractivity contribution in [2.45, 2.75) is 110 Å². The number of amides is 2. The number of fused-ring (bicyclic) bond motifs is 10. The lowest BCUT2D eigenvalue weighted by molar-refractivity contribution is -0.126. The van der Waals surface area contributed by atoms with Crippen LogP contribution in [0.3, 0.4) is 0 Å². The van der Waals surface area contributed by atoms with Gasteiger partial charge in [-0.15, -0.1) is 0 Å². The van der Waals surface area contributed by atoms with Crippen molar-refractivity contribution in [1.29, 1.82) is 0 Å². The third kappa shape index (κ3) is 11.2. The molecule has 12 nitrogen and oxygen atoms in total. The molecule has 0 radical (unpaired) electrons. The highest BCUT2D eigenvalue weighted by Gasteiger charge is 2.32. The van der Waals surface area contributed by atoms with Crippen molar-refractivity contribution in [1.82, 2.24) is 18.9 Å². The summed E-state index contributed by atoms with van der Waals surface area (Å²) in [6, 6.07) is 24.9. The van der Waals surface area contributed by atoms with Crippen molar-refractivity contribution >= 4 is 64.1 Å². The summed E-state index contributed by atoms with van der Waals surface area (Å²) < 4.78 is 25.7. The number of carbonyl (C=O) groups excluding carboxylic acids is 4. The number of esters is 1.